The molecule has 0 radical (unpaired) electrons. The standard InChI is InChI=1S/C30H36O3Si/c1-7-26-28(32-30(5,6)31-26)27(23-17-11-8-12-18-23)33-34(29(2,3)4,24-19-13-9-14-20-24)25-21-15-10-16-22-25/h7-22,26-28H,1H2,2-6H3/t26-,27+,28+/m1/s1. The lowest BCUT2D eigenvalue weighted by molar-refractivity contribution is -0.152. The molecule has 1 heterocycles. The first-order chi connectivity index (χ1) is 16.2. The van der Waals surface area contributed by atoms with Crippen LogP contribution in [0.1, 0.15) is 46.3 Å². The maximum absolute atomic E-state index is 7.56. The minimum atomic E-state index is -2.82. The van der Waals surface area contributed by atoms with Crippen LogP contribution in [0.2, 0.25) is 5.04 Å². The monoisotopic (exact) mass is 472 g/mol. The molecule has 0 bridgehead atoms. The van der Waals surface area contributed by atoms with Crippen LogP contribution in [0.15, 0.2) is 104 Å². The van der Waals surface area contributed by atoms with E-state index in [1.165, 1.54) is 10.4 Å². The van der Waals surface area contributed by atoms with Crippen LogP contribution >= 0.6 is 0 Å². The molecule has 34 heavy (non-hydrogen) atoms. The van der Waals surface area contributed by atoms with Crippen LogP contribution in [-0.4, -0.2) is 26.3 Å². The SMILES string of the molecule is C=C[C@H]1OC(C)(C)O[C@@H]1[C@@H](O[Si](c1ccccc1)(c1ccccc1)C(C)(C)C)c1ccccc1. The van der Waals surface area contributed by atoms with Crippen molar-refractivity contribution in [2.24, 2.45) is 0 Å². The number of hydrogen-bond acceptors (Lipinski definition) is 3. The highest BCUT2D eigenvalue weighted by molar-refractivity contribution is 6.99. The van der Waals surface area contributed by atoms with E-state index in [2.05, 4.69) is 112 Å². The Morgan fingerprint density at radius 1 is 0.824 bits per heavy atom. The van der Waals surface area contributed by atoms with Crippen LogP contribution < -0.4 is 10.4 Å². The highest BCUT2D eigenvalue weighted by Gasteiger charge is 2.54. The Bertz CT molecular complexity index is 1030. The summed E-state index contributed by atoms with van der Waals surface area (Å²) in [5, 5.41) is 2.33. The molecule has 0 N–H and O–H groups in total. The van der Waals surface area contributed by atoms with E-state index in [4.69, 9.17) is 13.9 Å². The fourth-order valence-corrected chi connectivity index (χ4v) is 9.75. The van der Waals surface area contributed by atoms with Crippen LogP contribution in [0.4, 0.5) is 0 Å². The van der Waals surface area contributed by atoms with Crippen molar-refractivity contribution in [1.82, 2.24) is 0 Å². The Balaban J connectivity index is 1.94. The fraction of sp³-hybridized carbons (Fsp3) is 0.333. The Morgan fingerprint density at radius 3 is 1.74 bits per heavy atom. The topological polar surface area (TPSA) is 27.7 Å². The normalized spacial score (nSPS) is 21.2. The molecule has 0 saturated carbocycles. The van der Waals surface area contributed by atoms with Gasteiger partial charge < -0.3 is 13.9 Å². The molecule has 0 spiro atoms. The predicted molar refractivity (Wildman–Crippen MR) is 142 cm³/mol. The molecule has 0 amide bonds. The van der Waals surface area contributed by atoms with E-state index in [9.17, 15) is 0 Å². The Kier molecular flexibility index (Phi) is 6.97. The van der Waals surface area contributed by atoms with Crippen LogP contribution in [0.5, 0.6) is 0 Å². The maximum atomic E-state index is 7.56. The summed E-state index contributed by atoms with van der Waals surface area (Å²) in [7, 11) is -2.82. The van der Waals surface area contributed by atoms with Gasteiger partial charge in [0.2, 0.25) is 0 Å². The first kappa shape index (κ1) is 24.6. The summed E-state index contributed by atoms with van der Waals surface area (Å²) in [4.78, 5) is 0. The van der Waals surface area contributed by atoms with Crippen LogP contribution in [0, 0.1) is 0 Å². The van der Waals surface area contributed by atoms with Crippen molar-refractivity contribution in [3.8, 4) is 0 Å². The minimum absolute atomic E-state index is 0.151. The van der Waals surface area contributed by atoms with E-state index < -0.39 is 14.1 Å². The predicted octanol–water partition coefficient (Wildman–Crippen LogP) is 6.01. The van der Waals surface area contributed by atoms with E-state index in [1.807, 2.05) is 26.0 Å². The van der Waals surface area contributed by atoms with E-state index in [1.54, 1.807) is 0 Å². The first-order valence-corrected chi connectivity index (χ1v) is 13.9. The van der Waals surface area contributed by atoms with Gasteiger partial charge in [0.15, 0.2) is 5.79 Å². The smallest absolute Gasteiger partial charge is 0.262 e. The molecule has 4 rings (SSSR count). The number of hydrogen-bond donors (Lipinski definition) is 0. The molecule has 1 saturated heterocycles. The molecular formula is C30H36O3Si. The zero-order valence-electron chi connectivity index (χ0n) is 20.9. The largest absolute Gasteiger partial charge is 0.398 e. The van der Waals surface area contributed by atoms with Crippen molar-refractivity contribution in [1.29, 1.82) is 0 Å². The average Bonchev–Trinajstić information content (AvgIpc) is 3.15. The van der Waals surface area contributed by atoms with Crippen LogP contribution in [-0.2, 0) is 13.9 Å². The molecule has 1 aliphatic rings. The lowest BCUT2D eigenvalue weighted by atomic mass is 10.0. The summed E-state index contributed by atoms with van der Waals surface area (Å²) >= 11 is 0. The summed E-state index contributed by atoms with van der Waals surface area (Å²) in [6.07, 6.45) is 0.900. The number of ether oxygens (including phenoxy) is 2. The maximum Gasteiger partial charge on any atom is 0.262 e. The molecule has 178 valence electrons. The zero-order chi connectivity index (χ0) is 24.4. The van der Waals surface area contributed by atoms with E-state index >= 15 is 0 Å². The zero-order valence-corrected chi connectivity index (χ0v) is 21.9. The molecule has 0 aliphatic carbocycles. The molecule has 3 nitrogen and oxygen atoms in total. The summed E-state index contributed by atoms with van der Waals surface area (Å²) in [5.41, 5.74) is 1.08. The van der Waals surface area contributed by atoms with Crippen LogP contribution in [0.3, 0.4) is 0 Å². The van der Waals surface area contributed by atoms with Crippen molar-refractivity contribution in [3.63, 3.8) is 0 Å². The Labute approximate surface area is 205 Å². The Morgan fingerprint density at radius 2 is 1.29 bits per heavy atom. The van der Waals surface area contributed by atoms with E-state index in [0.717, 1.165) is 5.56 Å². The molecule has 1 aliphatic heterocycles. The molecule has 3 aromatic rings. The minimum Gasteiger partial charge on any atom is -0.398 e. The summed E-state index contributed by atoms with van der Waals surface area (Å²) in [6.45, 7) is 14.8. The van der Waals surface area contributed by atoms with Crippen molar-refractivity contribution in [2.45, 2.75) is 63.8 Å². The van der Waals surface area contributed by atoms with Gasteiger partial charge in [0.25, 0.3) is 8.32 Å². The molecule has 3 aromatic carbocycles. The quantitative estimate of drug-likeness (QED) is 0.311. The molecule has 0 unspecified atom stereocenters. The molecule has 1 fully saturated rings. The van der Waals surface area contributed by atoms with E-state index in [-0.39, 0.29) is 23.4 Å². The fourth-order valence-electron chi connectivity index (χ4n) is 5.08. The molecular weight excluding hydrogens is 436 g/mol. The van der Waals surface area contributed by atoms with Gasteiger partial charge in [0.1, 0.15) is 18.3 Å². The summed E-state index contributed by atoms with van der Waals surface area (Å²) < 4.78 is 20.3. The highest BCUT2D eigenvalue weighted by Crippen LogP contribution is 2.44. The van der Waals surface area contributed by atoms with E-state index in [0.29, 0.717) is 0 Å². The van der Waals surface area contributed by atoms with Gasteiger partial charge in [-0.05, 0) is 34.8 Å². The second-order valence-electron chi connectivity index (χ2n) is 10.4. The Hall–Kier alpha value is -2.50. The third-order valence-corrected chi connectivity index (χ3v) is 11.6. The molecule has 3 atom stereocenters. The van der Waals surface area contributed by atoms with Gasteiger partial charge in [0.05, 0.1) is 0 Å². The second-order valence-corrected chi connectivity index (χ2v) is 14.7. The molecule has 0 aromatic heterocycles. The van der Waals surface area contributed by atoms with Crippen LogP contribution in [0.25, 0.3) is 0 Å². The lowest BCUT2D eigenvalue weighted by Gasteiger charge is -2.46. The van der Waals surface area contributed by atoms with Gasteiger partial charge >= 0.3 is 0 Å². The lowest BCUT2D eigenvalue weighted by Crippen LogP contribution is -2.67. The van der Waals surface area contributed by atoms with Gasteiger partial charge in [-0.25, -0.2) is 0 Å². The summed E-state index contributed by atoms with van der Waals surface area (Å²) in [6, 6.07) is 31.8. The number of rotatable bonds is 7. The van der Waals surface area contributed by atoms with Gasteiger partial charge in [0, 0.05) is 0 Å². The first-order valence-electron chi connectivity index (χ1n) is 12.0. The van der Waals surface area contributed by atoms with Crippen molar-refractivity contribution in [2.75, 3.05) is 0 Å². The van der Waals surface area contributed by atoms with Crippen molar-refractivity contribution >= 4 is 18.7 Å². The molecule has 4 heteroatoms. The van der Waals surface area contributed by atoms with Crippen molar-refractivity contribution in [3.05, 3.63) is 109 Å². The number of benzene rings is 3. The van der Waals surface area contributed by atoms with Gasteiger partial charge in [-0.1, -0.05) is 118 Å². The van der Waals surface area contributed by atoms with Crippen molar-refractivity contribution < 1.29 is 13.9 Å². The second kappa shape index (κ2) is 9.63. The van der Waals surface area contributed by atoms with Gasteiger partial charge in [-0.15, -0.1) is 6.58 Å². The average molecular weight is 473 g/mol. The van der Waals surface area contributed by atoms with Gasteiger partial charge in [-0.3, -0.25) is 0 Å². The third-order valence-electron chi connectivity index (χ3n) is 6.54. The highest BCUT2D eigenvalue weighted by atomic mass is 28.4. The summed E-state index contributed by atoms with van der Waals surface area (Å²) in [5.74, 6) is -0.717. The third kappa shape index (κ3) is 4.69. The van der Waals surface area contributed by atoms with Gasteiger partial charge in [-0.2, -0.15) is 0 Å².